The van der Waals surface area contributed by atoms with Crippen LogP contribution in [-0.4, -0.2) is 35.6 Å². The first-order valence-corrected chi connectivity index (χ1v) is 8.88. The summed E-state index contributed by atoms with van der Waals surface area (Å²) in [5, 5.41) is 0. The normalized spacial score (nSPS) is 28.7. The summed E-state index contributed by atoms with van der Waals surface area (Å²) in [5.74, 6) is 3.32. The van der Waals surface area contributed by atoms with Crippen LogP contribution in [-0.2, 0) is 4.74 Å². The zero-order valence-corrected chi connectivity index (χ0v) is 13.3. The molecule has 21 heavy (non-hydrogen) atoms. The van der Waals surface area contributed by atoms with Crippen molar-refractivity contribution in [2.24, 2.45) is 0 Å². The molecule has 4 heteroatoms. The van der Waals surface area contributed by atoms with Crippen LogP contribution in [0.15, 0.2) is 24.3 Å². The molecule has 2 fully saturated rings. The van der Waals surface area contributed by atoms with Crippen molar-refractivity contribution in [1.29, 1.82) is 0 Å². The van der Waals surface area contributed by atoms with Crippen molar-refractivity contribution < 1.29 is 14.3 Å². The molecule has 2 saturated heterocycles. The second-order valence-corrected chi connectivity index (χ2v) is 6.97. The van der Waals surface area contributed by atoms with Gasteiger partial charge in [0.1, 0.15) is 11.9 Å². The molecule has 1 aromatic rings. The minimum atomic E-state index is 0.0473. The first-order valence-electron chi connectivity index (χ1n) is 7.72. The van der Waals surface area contributed by atoms with Crippen LogP contribution < -0.4 is 4.74 Å². The molecule has 2 atom stereocenters. The second kappa shape index (κ2) is 6.41. The number of ether oxygens (including phenoxy) is 2. The van der Waals surface area contributed by atoms with E-state index in [1.165, 1.54) is 5.75 Å². The van der Waals surface area contributed by atoms with Gasteiger partial charge in [-0.05, 0) is 36.4 Å². The Balaban J connectivity index is 1.62. The Bertz CT molecular complexity index is 491. The Hall–Kier alpha value is -1.00. The topological polar surface area (TPSA) is 35.5 Å². The van der Waals surface area contributed by atoms with Gasteiger partial charge in [0, 0.05) is 30.6 Å². The number of benzene rings is 1. The first kappa shape index (κ1) is 14.9. The molecule has 2 heterocycles. The molecule has 3 nitrogen and oxygen atoms in total. The Morgan fingerprint density at radius 2 is 2.24 bits per heavy atom. The van der Waals surface area contributed by atoms with Crippen molar-refractivity contribution in [2.75, 3.05) is 18.1 Å². The highest BCUT2D eigenvalue weighted by molar-refractivity contribution is 7.99. The molecule has 0 saturated carbocycles. The molecular formula is C17H22O3S. The summed E-state index contributed by atoms with van der Waals surface area (Å²) in [6.07, 6.45) is 3.84. The van der Waals surface area contributed by atoms with Gasteiger partial charge in [0.2, 0.25) is 0 Å². The highest BCUT2D eigenvalue weighted by Gasteiger charge is 2.41. The van der Waals surface area contributed by atoms with Crippen molar-refractivity contribution in [3.05, 3.63) is 29.8 Å². The van der Waals surface area contributed by atoms with Crippen molar-refractivity contribution in [3.63, 3.8) is 0 Å². The van der Waals surface area contributed by atoms with Crippen molar-refractivity contribution in [1.82, 2.24) is 0 Å². The fraction of sp³-hybridized carbons (Fsp3) is 0.588. The number of ketones is 1. The number of Topliss-reactive ketones (excluding diaryl/α,β-unsaturated/α-hetero) is 1. The Morgan fingerprint density at radius 1 is 1.43 bits per heavy atom. The number of carbonyl (C=O) groups is 1. The van der Waals surface area contributed by atoms with Crippen molar-refractivity contribution in [3.8, 4) is 5.75 Å². The molecule has 0 aliphatic carbocycles. The summed E-state index contributed by atoms with van der Waals surface area (Å²) in [6, 6.07) is 7.55. The van der Waals surface area contributed by atoms with Crippen LogP contribution in [0.3, 0.4) is 0 Å². The maximum absolute atomic E-state index is 11.6. The zero-order valence-electron chi connectivity index (χ0n) is 12.5. The van der Waals surface area contributed by atoms with E-state index < -0.39 is 0 Å². The largest absolute Gasteiger partial charge is 0.490 e. The molecule has 1 aromatic carbocycles. The lowest BCUT2D eigenvalue weighted by atomic mass is 9.91. The van der Waals surface area contributed by atoms with Crippen LogP contribution in [0.25, 0.3) is 0 Å². The number of rotatable bonds is 4. The van der Waals surface area contributed by atoms with E-state index in [0.717, 1.165) is 42.9 Å². The van der Waals surface area contributed by atoms with Gasteiger partial charge in [0.25, 0.3) is 0 Å². The van der Waals surface area contributed by atoms with Gasteiger partial charge in [0.05, 0.1) is 12.2 Å². The predicted molar refractivity (Wildman–Crippen MR) is 85.3 cm³/mol. The molecule has 114 valence electrons. The maximum atomic E-state index is 11.6. The molecule has 3 rings (SSSR count). The zero-order chi connectivity index (χ0) is 14.7. The van der Waals surface area contributed by atoms with Gasteiger partial charge in [-0.1, -0.05) is 6.92 Å². The maximum Gasteiger partial charge on any atom is 0.162 e. The van der Waals surface area contributed by atoms with E-state index in [1.54, 1.807) is 0 Å². The van der Waals surface area contributed by atoms with Gasteiger partial charge in [-0.15, -0.1) is 0 Å². The third-order valence-corrected chi connectivity index (χ3v) is 5.54. The molecule has 0 bridgehead atoms. The highest BCUT2D eigenvalue weighted by atomic mass is 32.2. The second-order valence-electron chi connectivity index (χ2n) is 5.87. The Kier molecular flexibility index (Phi) is 4.55. The quantitative estimate of drug-likeness (QED) is 0.794. The van der Waals surface area contributed by atoms with Crippen LogP contribution in [0.4, 0.5) is 0 Å². The Labute approximate surface area is 130 Å². The van der Waals surface area contributed by atoms with Gasteiger partial charge in [-0.25, -0.2) is 0 Å². The first-order chi connectivity index (χ1) is 10.2. The standard InChI is InChI=1S/C17H22O3S/c1-2-16(18)13-3-5-14(6-4-13)20-15-7-9-19-17(11-15)8-10-21-12-17/h3-6,15H,2,7-12H2,1H3. The third kappa shape index (κ3) is 3.43. The lowest BCUT2D eigenvalue weighted by Crippen LogP contribution is -2.43. The lowest BCUT2D eigenvalue weighted by molar-refractivity contribution is -0.0958. The van der Waals surface area contributed by atoms with Crippen LogP contribution in [0.2, 0.25) is 0 Å². The third-order valence-electron chi connectivity index (χ3n) is 4.32. The molecule has 1 spiro atoms. The van der Waals surface area contributed by atoms with E-state index in [1.807, 2.05) is 43.0 Å². The minimum Gasteiger partial charge on any atom is -0.490 e. The Morgan fingerprint density at radius 3 is 2.90 bits per heavy atom. The van der Waals surface area contributed by atoms with E-state index in [4.69, 9.17) is 9.47 Å². The number of carbonyl (C=O) groups excluding carboxylic acids is 1. The molecule has 0 N–H and O–H groups in total. The lowest BCUT2D eigenvalue weighted by Gasteiger charge is -2.37. The van der Waals surface area contributed by atoms with Crippen molar-refractivity contribution in [2.45, 2.75) is 44.3 Å². The molecule has 0 amide bonds. The summed E-state index contributed by atoms with van der Waals surface area (Å²) in [5.41, 5.74) is 0.812. The van der Waals surface area contributed by atoms with E-state index in [0.29, 0.717) is 6.42 Å². The van der Waals surface area contributed by atoms with E-state index in [9.17, 15) is 4.79 Å². The van der Waals surface area contributed by atoms with Gasteiger partial charge < -0.3 is 9.47 Å². The molecule has 0 aromatic heterocycles. The fourth-order valence-electron chi connectivity index (χ4n) is 3.06. The summed E-state index contributed by atoms with van der Waals surface area (Å²) >= 11 is 1.98. The number of thioether (sulfide) groups is 1. The van der Waals surface area contributed by atoms with Gasteiger partial charge in [0.15, 0.2) is 5.78 Å². The summed E-state index contributed by atoms with van der Waals surface area (Å²) in [6.45, 7) is 2.67. The van der Waals surface area contributed by atoms with Crippen molar-refractivity contribution >= 4 is 17.5 Å². The van der Waals surface area contributed by atoms with Crippen LogP contribution in [0.5, 0.6) is 5.75 Å². The van der Waals surface area contributed by atoms with Crippen LogP contribution in [0, 0.1) is 0 Å². The molecular weight excluding hydrogens is 284 g/mol. The van der Waals surface area contributed by atoms with E-state index in [2.05, 4.69) is 0 Å². The van der Waals surface area contributed by atoms with E-state index in [-0.39, 0.29) is 17.5 Å². The number of hydrogen-bond acceptors (Lipinski definition) is 4. The smallest absolute Gasteiger partial charge is 0.162 e. The summed E-state index contributed by atoms with van der Waals surface area (Å²) in [4.78, 5) is 11.6. The van der Waals surface area contributed by atoms with Gasteiger partial charge in [-0.3, -0.25) is 4.79 Å². The van der Waals surface area contributed by atoms with Gasteiger partial charge in [-0.2, -0.15) is 11.8 Å². The summed E-state index contributed by atoms with van der Waals surface area (Å²) < 4.78 is 12.1. The highest BCUT2D eigenvalue weighted by Crippen LogP contribution is 2.39. The molecule has 2 unspecified atom stereocenters. The predicted octanol–water partition coefficient (Wildman–Crippen LogP) is 3.71. The van der Waals surface area contributed by atoms with Gasteiger partial charge >= 0.3 is 0 Å². The average molecular weight is 306 g/mol. The average Bonchev–Trinajstić information content (AvgIpc) is 2.95. The molecule has 2 aliphatic rings. The molecule has 0 radical (unpaired) electrons. The van der Waals surface area contributed by atoms with E-state index >= 15 is 0 Å². The minimum absolute atomic E-state index is 0.0473. The summed E-state index contributed by atoms with van der Waals surface area (Å²) in [7, 11) is 0. The molecule has 2 aliphatic heterocycles. The SMILES string of the molecule is CCC(=O)c1ccc(OC2CCOC3(CCSC3)C2)cc1. The fourth-order valence-corrected chi connectivity index (χ4v) is 4.44. The number of hydrogen-bond donors (Lipinski definition) is 0. The van der Waals surface area contributed by atoms with Crippen LogP contribution >= 0.6 is 11.8 Å². The van der Waals surface area contributed by atoms with Crippen LogP contribution in [0.1, 0.15) is 43.0 Å². The monoisotopic (exact) mass is 306 g/mol.